The minimum absolute atomic E-state index is 0.337. The first-order valence-electron chi connectivity index (χ1n) is 7.54. The fraction of sp³-hybridized carbons (Fsp3) is 0.250. The van der Waals surface area contributed by atoms with Gasteiger partial charge in [0.05, 0.1) is 0 Å². The molecule has 0 fully saturated rings. The number of ether oxygens (including phenoxy) is 1. The van der Waals surface area contributed by atoms with E-state index in [2.05, 4.69) is 0 Å². The van der Waals surface area contributed by atoms with Crippen LogP contribution in [-0.4, -0.2) is 33.4 Å². The van der Waals surface area contributed by atoms with Gasteiger partial charge in [-0.15, -0.1) is 0 Å². The molecule has 9 heteroatoms. The van der Waals surface area contributed by atoms with Gasteiger partial charge >= 0.3 is 5.97 Å². The lowest BCUT2D eigenvalue weighted by atomic mass is 10.0. The van der Waals surface area contributed by atoms with Crippen molar-refractivity contribution >= 4 is 27.6 Å². The highest BCUT2D eigenvalue weighted by Gasteiger charge is 2.24. The Labute approximate surface area is 144 Å². The third-order valence-corrected chi connectivity index (χ3v) is 4.58. The predicted molar refractivity (Wildman–Crippen MR) is 87.5 cm³/mol. The van der Waals surface area contributed by atoms with Gasteiger partial charge < -0.3 is 14.1 Å². The smallest absolute Gasteiger partial charge is 0.374 e. The molecule has 1 aliphatic heterocycles. The summed E-state index contributed by atoms with van der Waals surface area (Å²) < 4.78 is 32.0. The van der Waals surface area contributed by atoms with Gasteiger partial charge in [-0.3, -0.25) is 4.79 Å². The molecule has 0 atom stereocenters. The van der Waals surface area contributed by atoms with Gasteiger partial charge in [0, 0.05) is 12.2 Å². The molecule has 1 aromatic heterocycles. The van der Waals surface area contributed by atoms with Crippen LogP contribution in [0.4, 0.5) is 5.69 Å². The lowest BCUT2D eigenvalue weighted by Gasteiger charge is -2.29. The number of aryl methyl sites for hydroxylation is 1. The number of sulfonamides is 1. The zero-order valence-electron chi connectivity index (χ0n) is 13.2. The number of nitrogens with zero attached hydrogens (tertiary/aromatic N) is 1. The van der Waals surface area contributed by atoms with Crippen molar-refractivity contribution in [2.45, 2.75) is 17.9 Å². The number of para-hydroxylation sites is 1. The van der Waals surface area contributed by atoms with Crippen LogP contribution in [0.2, 0.25) is 0 Å². The van der Waals surface area contributed by atoms with Crippen LogP contribution in [0.15, 0.2) is 45.9 Å². The van der Waals surface area contributed by atoms with Crippen molar-refractivity contribution in [3.05, 3.63) is 47.7 Å². The number of fused-ring (bicyclic) bond motifs is 1. The molecule has 0 bridgehead atoms. The van der Waals surface area contributed by atoms with E-state index in [0.717, 1.165) is 36.2 Å². The van der Waals surface area contributed by atoms with Gasteiger partial charge in [0.15, 0.2) is 6.61 Å². The van der Waals surface area contributed by atoms with Crippen LogP contribution in [0.1, 0.15) is 22.5 Å². The molecule has 3 rings (SSSR count). The summed E-state index contributed by atoms with van der Waals surface area (Å²) in [6, 6.07) is 9.73. The highest BCUT2D eigenvalue weighted by molar-refractivity contribution is 7.89. The average molecular weight is 364 g/mol. The summed E-state index contributed by atoms with van der Waals surface area (Å²) in [5, 5.41) is 4.36. The molecule has 25 heavy (non-hydrogen) atoms. The van der Waals surface area contributed by atoms with E-state index in [1.807, 2.05) is 24.3 Å². The van der Waals surface area contributed by atoms with E-state index >= 15 is 0 Å². The van der Waals surface area contributed by atoms with Crippen molar-refractivity contribution in [1.82, 2.24) is 0 Å². The van der Waals surface area contributed by atoms with Crippen LogP contribution >= 0.6 is 0 Å². The Balaban J connectivity index is 1.65. The predicted octanol–water partition coefficient (Wildman–Crippen LogP) is 1.06. The lowest BCUT2D eigenvalue weighted by molar-refractivity contribution is -0.121. The number of nitrogens with two attached hydrogens (primary N) is 1. The Hall–Kier alpha value is -2.65. The van der Waals surface area contributed by atoms with Gasteiger partial charge in [-0.05, 0) is 36.6 Å². The molecule has 0 unspecified atom stereocenters. The third-order valence-electron chi connectivity index (χ3n) is 3.80. The van der Waals surface area contributed by atoms with E-state index in [4.69, 9.17) is 14.3 Å². The number of carbonyl (C=O) groups excluding carboxylic acids is 2. The van der Waals surface area contributed by atoms with Gasteiger partial charge in [-0.25, -0.2) is 18.4 Å². The molecular formula is C16H16N2O6S. The topological polar surface area (TPSA) is 120 Å². The first-order chi connectivity index (χ1) is 11.9. The van der Waals surface area contributed by atoms with Crippen LogP contribution in [0, 0.1) is 0 Å². The van der Waals surface area contributed by atoms with Crippen molar-refractivity contribution in [3.8, 4) is 0 Å². The second-order valence-corrected chi connectivity index (χ2v) is 7.01. The Kier molecular flexibility index (Phi) is 4.60. The molecule has 1 aromatic carbocycles. The molecule has 2 heterocycles. The van der Waals surface area contributed by atoms with E-state index in [9.17, 15) is 18.0 Å². The van der Waals surface area contributed by atoms with Crippen LogP contribution in [-0.2, 0) is 26.0 Å². The zero-order valence-corrected chi connectivity index (χ0v) is 14.0. The fourth-order valence-electron chi connectivity index (χ4n) is 2.65. The third kappa shape index (κ3) is 3.72. The van der Waals surface area contributed by atoms with E-state index < -0.39 is 27.7 Å². The van der Waals surface area contributed by atoms with Crippen LogP contribution < -0.4 is 10.0 Å². The molecular weight excluding hydrogens is 348 g/mol. The van der Waals surface area contributed by atoms with Crippen LogP contribution in [0.25, 0.3) is 0 Å². The number of carbonyl (C=O) groups is 2. The number of furan rings is 1. The molecule has 0 saturated heterocycles. The Morgan fingerprint density at radius 2 is 1.96 bits per heavy atom. The van der Waals surface area contributed by atoms with Gasteiger partial charge in [0.2, 0.25) is 10.9 Å². The maximum atomic E-state index is 12.4. The monoisotopic (exact) mass is 364 g/mol. The normalized spacial score (nSPS) is 14.0. The number of rotatable bonds is 4. The summed E-state index contributed by atoms with van der Waals surface area (Å²) in [6.45, 7) is 0.0717. The maximum Gasteiger partial charge on any atom is 0.374 e. The average Bonchev–Trinajstić information content (AvgIpc) is 3.09. The molecule has 0 radical (unpaired) electrons. The number of benzene rings is 1. The molecule has 2 N–H and O–H groups in total. The maximum absolute atomic E-state index is 12.4. The van der Waals surface area contributed by atoms with E-state index in [1.54, 1.807) is 4.90 Å². The van der Waals surface area contributed by atoms with E-state index in [1.165, 1.54) is 0 Å². The quantitative estimate of drug-likeness (QED) is 0.810. The molecule has 1 aliphatic rings. The number of primary sulfonamides is 1. The lowest BCUT2D eigenvalue weighted by Crippen LogP contribution is -2.38. The zero-order chi connectivity index (χ0) is 18.0. The second-order valence-electron chi connectivity index (χ2n) is 5.52. The first-order valence-corrected chi connectivity index (χ1v) is 9.09. The molecule has 1 amide bonds. The molecule has 0 spiro atoms. The SMILES string of the molecule is NS(=O)(=O)c1ccc(C(=O)OCC(=O)N2CCCc3ccccc32)o1. The van der Waals surface area contributed by atoms with Crippen LogP contribution in [0.3, 0.4) is 0 Å². The Morgan fingerprint density at radius 3 is 2.68 bits per heavy atom. The summed E-state index contributed by atoms with van der Waals surface area (Å²) in [6.07, 6.45) is 1.72. The van der Waals surface area contributed by atoms with Crippen molar-refractivity contribution in [2.24, 2.45) is 5.14 Å². The van der Waals surface area contributed by atoms with Crippen molar-refractivity contribution < 1.29 is 27.2 Å². The molecule has 132 valence electrons. The van der Waals surface area contributed by atoms with Crippen molar-refractivity contribution in [3.63, 3.8) is 0 Å². The van der Waals surface area contributed by atoms with E-state index in [0.29, 0.717) is 6.54 Å². The number of anilines is 1. The highest BCUT2D eigenvalue weighted by Crippen LogP contribution is 2.26. The Morgan fingerprint density at radius 1 is 1.20 bits per heavy atom. The Bertz CT molecular complexity index is 918. The molecule has 0 aliphatic carbocycles. The van der Waals surface area contributed by atoms with Gasteiger partial charge in [0.1, 0.15) is 0 Å². The first kappa shape index (κ1) is 17.2. The van der Waals surface area contributed by atoms with Gasteiger partial charge in [0.25, 0.3) is 15.9 Å². The fourth-order valence-corrected chi connectivity index (χ4v) is 3.12. The number of amides is 1. The minimum Gasteiger partial charge on any atom is -0.450 e. The summed E-state index contributed by atoms with van der Waals surface area (Å²) in [7, 11) is -4.05. The highest BCUT2D eigenvalue weighted by atomic mass is 32.2. The van der Waals surface area contributed by atoms with Crippen molar-refractivity contribution in [1.29, 1.82) is 0 Å². The summed E-state index contributed by atoms with van der Waals surface area (Å²) >= 11 is 0. The molecule has 8 nitrogen and oxygen atoms in total. The van der Waals surface area contributed by atoms with Gasteiger partial charge in [-0.2, -0.15) is 0 Å². The second kappa shape index (κ2) is 6.69. The summed E-state index contributed by atoms with van der Waals surface area (Å²) in [4.78, 5) is 25.8. The van der Waals surface area contributed by atoms with Gasteiger partial charge in [-0.1, -0.05) is 18.2 Å². The van der Waals surface area contributed by atoms with Crippen LogP contribution in [0.5, 0.6) is 0 Å². The standard InChI is InChI=1S/C16H16N2O6S/c17-25(21,22)15-8-7-13(24-15)16(20)23-10-14(19)18-9-3-5-11-4-1-2-6-12(11)18/h1-2,4,6-8H,3,5,9-10H2,(H2,17,21,22). The summed E-state index contributed by atoms with van der Waals surface area (Å²) in [5.74, 6) is -1.64. The van der Waals surface area contributed by atoms with Crippen molar-refractivity contribution in [2.75, 3.05) is 18.1 Å². The summed E-state index contributed by atoms with van der Waals surface area (Å²) in [5.41, 5.74) is 1.88. The number of hydrogen-bond acceptors (Lipinski definition) is 6. The number of hydrogen-bond donors (Lipinski definition) is 1. The van der Waals surface area contributed by atoms with E-state index in [-0.39, 0.29) is 11.7 Å². The molecule has 2 aromatic rings. The molecule has 0 saturated carbocycles. The largest absolute Gasteiger partial charge is 0.450 e. The minimum atomic E-state index is -4.05. The number of esters is 1.